The van der Waals surface area contributed by atoms with E-state index >= 15 is 0 Å². The van der Waals surface area contributed by atoms with E-state index in [4.69, 9.17) is 4.74 Å². The Morgan fingerprint density at radius 3 is 2.09 bits per heavy atom. The Kier molecular flexibility index (Phi) is 3.97. The zero-order chi connectivity index (χ0) is 23.0. The summed E-state index contributed by atoms with van der Waals surface area (Å²) in [6.07, 6.45) is 1.49. The highest BCUT2D eigenvalue weighted by atomic mass is 16.5. The Hall–Kier alpha value is -3.52. The van der Waals surface area contributed by atoms with Crippen molar-refractivity contribution in [3.63, 3.8) is 0 Å². The molecule has 4 atom stereocenters. The lowest BCUT2D eigenvalue weighted by Gasteiger charge is -2.45. The van der Waals surface area contributed by atoms with Crippen molar-refractivity contribution in [3.05, 3.63) is 71.8 Å². The van der Waals surface area contributed by atoms with Gasteiger partial charge in [0.05, 0.1) is 18.4 Å². The minimum absolute atomic E-state index is 0.256. The van der Waals surface area contributed by atoms with Crippen LogP contribution in [0.15, 0.2) is 60.7 Å². The van der Waals surface area contributed by atoms with Crippen LogP contribution in [0.25, 0.3) is 0 Å². The van der Waals surface area contributed by atoms with Gasteiger partial charge in [-0.15, -0.1) is 0 Å². The molecule has 2 aromatic rings. The van der Waals surface area contributed by atoms with E-state index in [-0.39, 0.29) is 6.04 Å². The molecule has 1 spiro atoms. The Balaban J connectivity index is 1.76. The van der Waals surface area contributed by atoms with E-state index in [9.17, 15) is 19.2 Å². The number of imide groups is 2. The summed E-state index contributed by atoms with van der Waals surface area (Å²) in [4.78, 5) is 55.2. The molecule has 4 aliphatic rings. The van der Waals surface area contributed by atoms with Crippen LogP contribution in [-0.4, -0.2) is 54.0 Å². The van der Waals surface area contributed by atoms with Crippen LogP contribution in [-0.2, 0) is 30.0 Å². The first-order chi connectivity index (χ1) is 16.0. The number of urea groups is 1. The first-order valence-electron chi connectivity index (χ1n) is 11.1. The van der Waals surface area contributed by atoms with Crippen LogP contribution in [0.4, 0.5) is 4.79 Å². The maximum absolute atomic E-state index is 13.8. The first-order valence-corrected chi connectivity index (χ1v) is 11.1. The predicted molar refractivity (Wildman–Crippen MR) is 116 cm³/mol. The third kappa shape index (κ3) is 1.98. The van der Waals surface area contributed by atoms with Gasteiger partial charge in [-0.2, -0.15) is 0 Å². The minimum Gasteiger partial charge on any atom is -0.469 e. The van der Waals surface area contributed by atoms with Gasteiger partial charge in [0.15, 0.2) is 5.54 Å². The standard InChI is InChI=1S/C25H23N3O5/c1-33-19(29)18-23(15-9-4-2-5-10-15)17-13-8-14-28(17)25(20(30)26-22(32)27-21(25)31)24(18,23)16-11-6-3-7-12-16/h2-7,9-12,17-18H,8,13-14H2,1H3,(H2,26,27,30,31,32)/t17-,18-,23-,24+/m1/s1. The molecule has 1 saturated carbocycles. The van der Waals surface area contributed by atoms with Gasteiger partial charge in [-0.1, -0.05) is 60.7 Å². The molecule has 168 valence electrons. The van der Waals surface area contributed by atoms with Gasteiger partial charge in [-0.05, 0) is 24.0 Å². The number of hydrogen-bond donors (Lipinski definition) is 2. The van der Waals surface area contributed by atoms with Crippen LogP contribution in [0.3, 0.4) is 0 Å². The predicted octanol–water partition coefficient (Wildman–Crippen LogP) is 1.25. The van der Waals surface area contributed by atoms with Gasteiger partial charge in [0.1, 0.15) is 0 Å². The summed E-state index contributed by atoms with van der Waals surface area (Å²) < 4.78 is 5.29. The maximum atomic E-state index is 13.8. The highest BCUT2D eigenvalue weighted by Gasteiger charge is 2.98. The molecular weight excluding hydrogens is 422 g/mol. The van der Waals surface area contributed by atoms with E-state index in [1.54, 1.807) is 0 Å². The zero-order valence-corrected chi connectivity index (χ0v) is 18.0. The van der Waals surface area contributed by atoms with Gasteiger partial charge in [-0.3, -0.25) is 29.9 Å². The molecule has 33 heavy (non-hydrogen) atoms. The van der Waals surface area contributed by atoms with E-state index < -0.39 is 46.1 Å². The summed E-state index contributed by atoms with van der Waals surface area (Å²) in [7, 11) is 1.33. The summed E-state index contributed by atoms with van der Waals surface area (Å²) in [6.45, 7) is 0.511. The average molecular weight is 445 g/mol. The van der Waals surface area contributed by atoms with Crippen molar-refractivity contribution in [2.45, 2.75) is 35.3 Å². The molecule has 0 bridgehead atoms. The van der Waals surface area contributed by atoms with Crippen molar-refractivity contribution in [2.24, 2.45) is 5.92 Å². The summed E-state index contributed by atoms with van der Waals surface area (Å²) in [5.74, 6) is -2.61. The van der Waals surface area contributed by atoms with Crippen molar-refractivity contribution in [1.82, 2.24) is 15.5 Å². The molecule has 0 unspecified atom stereocenters. The SMILES string of the molecule is COC(=O)[C@@H]1[C@@]2(c3ccccc3)[C@H]3CCCN3C3(C(=O)NC(=O)NC3=O)[C@@]12c1ccccc1. The summed E-state index contributed by atoms with van der Waals surface area (Å²) >= 11 is 0. The molecule has 0 aromatic heterocycles. The Bertz CT molecular complexity index is 1180. The molecule has 6 rings (SSSR count). The number of nitrogens with one attached hydrogen (secondary N) is 2. The van der Waals surface area contributed by atoms with Crippen molar-refractivity contribution in [1.29, 1.82) is 0 Å². The van der Waals surface area contributed by atoms with Crippen LogP contribution >= 0.6 is 0 Å². The third-order valence-electron chi connectivity index (χ3n) is 8.27. The fourth-order valence-electron chi connectivity index (χ4n) is 7.57. The van der Waals surface area contributed by atoms with Gasteiger partial charge in [0, 0.05) is 18.0 Å². The largest absolute Gasteiger partial charge is 0.469 e. The molecule has 8 nitrogen and oxygen atoms in total. The van der Waals surface area contributed by atoms with E-state index in [1.165, 1.54) is 7.11 Å². The summed E-state index contributed by atoms with van der Waals surface area (Å²) in [5, 5.41) is 4.70. The van der Waals surface area contributed by atoms with Gasteiger partial charge < -0.3 is 4.74 Å². The van der Waals surface area contributed by atoms with Crippen molar-refractivity contribution in [2.75, 3.05) is 13.7 Å². The van der Waals surface area contributed by atoms with Gasteiger partial charge >= 0.3 is 12.0 Å². The van der Waals surface area contributed by atoms with Crippen LogP contribution in [0.2, 0.25) is 0 Å². The number of rotatable bonds is 3. The second-order valence-electron chi connectivity index (χ2n) is 9.16. The molecule has 1 aliphatic carbocycles. The number of carbonyl (C=O) groups is 4. The molecule has 4 fully saturated rings. The molecule has 3 heterocycles. The number of piperidine rings is 1. The lowest BCUT2D eigenvalue weighted by atomic mass is 9.68. The van der Waals surface area contributed by atoms with Crippen LogP contribution < -0.4 is 10.6 Å². The van der Waals surface area contributed by atoms with Gasteiger partial charge in [0.2, 0.25) is 0 Å². The van der Waals surface area contributed by atoms with Crippen LogP contribution in [0.1, 0.15) is 24.0 Å². The lowest BCUT2D eigenvalue weighted by Crippen LogP contribution is -2.76. The highest BCUT2D eigenvalue weighted by Crippen LogP contribution is 2.83. The number of hydrogen-bond acceptors (Lipinski definition) is 6. The number of esters is 1. The average Bonchev–Trinajstić information content (AvgIpc) is 3.08. The number of ether oxygens (including phenoxy) is 1. The molecule has 2 N–H and O–H groups in total. The van der Waals surface area contributed by atoms with Gasteiger partial charge in [-0.25, -0.2) is 4.79 Å². The van der Waals surface area contributed by atoms with E-state index in [0.717, 1.165) is 12.0 Å². The third-order valence-corrected chi connectivity index (χ3v) is 8.27. The molecular formula is C25H23N3O5. The molecule has 0 radical (unpaired) electrons. The molecule has 4 amide bonds. The van der Waals surface area contributed by atoms with Crippen LogP contribution in [0.5, 0.6) is 0 Å². The van der Waals surface area contributed by atoms with Crippen molar-refractivity contribution < 1.29 is 23.9 Å². The summed E-state index contributed by atoms with van der Waals surface area (Å²) in [5.41, 5.74) is -2.28. The van der Waals surface area contributed by atoms with Crippen LogP contribution in [0, 0.1) is 5.92 Å². The fourth-order valence-corrected chi connectivity index (χ4v) is 7.57. The second-order valence-corrected chi connectivity index (χ2v) is 9.16. The monoisotopic (exact) mass is 445 g/mol. The zero-order valence-electron chi connectivity index (χ0n) is 18.0. The van der Waals surface area contributed by atoms with Crippen molar-refractivity contribution >= 4 is 23.8 Å². The molecule has 2 aromatic carbocycles. The Morgan fingerprint density at radius 1 is 0.939 bits per heavy atom. The highest BCUT2D eigenvalue weighted by molar-refractivity contribution is 6.25. The number of methoxy groups -OCH3 is 1. The minimum atomic E-state index is -1.77. The van der Waals surface area contributed by atoms with Gasteiger partial charge in [0.25, 0.3) is 11.8 Å². The number of amides is 4. The summed E-state index contributed by atoms with van der Waals surface area (Å²) in [6, 6.07) is 17.8. The maximum Gasteiger partial charge on any atom is 0.328 e. The fraction of sp³-hybridized carbons (Fsp3) is 0.360. The van der Waals surface area contributed by atoms with E-state index in [2.05, 4.69) is 10.6 Å². The number of barbiturate groups is 1. The smallest absolute Gasteiger partial charge is 0.328 e. The second kappa shape index (κ2) is 6.51. The normalized spacial score (nSPS) is 33.8. The van der Waals surface area contributed by atoms with Crippen molar-refractivity contribution in [3.8, 4) is 0 Å². The lowest BCUT2D eigenvalue weighted by molar-refractivity contribution is -0.152. The topological polar surface area (TPSA) is 105 Å². The number of fused-ring (bicyclic) bond motifs is 5. The molecule has 3 saturated heterocycles. The number of carbonyl (C=O) groups excluding carboxylic acids is 4. The van der Waals surface area contributed by atoms with E-state index in [0.29, 0.717) is 18.5 Å². The van der Waals surface area contributed by atoms with E-state index in [1.807, 2.05) is 65.6 Å². The number of nitrogens with zero attached hydrogens (tertiary/aromatic N) is 1. The Morgan fingerprint density at radius 2 is 1.52 bits per heavy atom. The number of benzene rings is 2. The first kappa shape index (κ1) is 20.1. The molecule has 8 heteroatoms. The molecule has 3 aliphatic heterocycles. The Labute approximate surface area is 190 Å². The quantitative estimate of drug-likeness (QED) is 0.544.